The number of aryl methyl sites for hydroxylation is 2. The van der Waals surface area contributed by atoms with Crippen LogP contribution in [0, 0.1) is 13.8 Å². The van der Waals surface area contributed by atoms with Gasteiger partial charge in [-0.15, -0.1) is 11.8 Å². The standard InChI is InChI=1S/C18H17NO2S/c1-12-3-7-14(8-4-12)19-17(20)11-16(18(19)21)22-15-9-5-13(2)6-10-15/h3-10,16H,11H2,1-2H3/t16-/m1/s1. The Morgan fingerprint density at radius 2 is 1.45 bits per heavy atom. The van der Waals surface area contributed by atoms with Crippen LogP contribution in [0.4, 0.5) is 5.69 Å². The predicted octanol–water partition coefficient (Wildman–Crippen LogP) is 3.73. The highest BCUT2D eigenvalue weighted by atomic mass is 32.2. The number of nitrogens with zero attached hydrogens (tertiary/aromatic N) is 1. The Balaban J connectivity index is 1.79. The third kappa shape index (κ3) is 2.92. The molecule has 4 heteroatoms. The quantitative estimate of drug-likeness (QED) is 0.811. The number of anilines is 1. The van der Waals surface area contributed by atoms with E-state index in [2.05, 4.69) is 0 Å². The molecule has 1 aliphatic heterocycles. The van der Waals surface area contributed by atoms with Crippen molar-refractivity contribution >= 4 is 29.3 Å². The zero-order valence-corrected chi connectivity index (χ0v) is 13.4. The van der Waals surface area contributed by atoms with E-state index in [4.69, 9.17) is 0 Å². The summed E-state index contributed by atoms with van der Waals surface area (Å²) in [6, 6.07) is 15.5. The molecule has 1 fully saturated rings. The van der Waals surface area contributed by atoms with E-state index >= 15 is 0 Å². The minimum absolute atomic E-state index is 0.126. The van der Waals surface area contributed by atoms with Crippen LogP contribution in [0.25, 0.3) is 0 Å². The van der Waals surface area contributed by atoms with E-state index in [1.54, 1.807) is 0 Å². The molecule has 0 saturated carbocycles. The molecule has 1 aliphatic rings. The molecule has 0 N–H and O–H groups in total. The summed E-state index contributed by atoms with van der Waals surface area (Å²) in [5.74, 6) is -0.252. The van der Waals surface area contributed by atoms with Gasteiger partial charge in [0.25, 0.3) is 0 Å². The number of rotatable bonds is 3. The second kappa shape index (κ2) is 5.97. The van der Waals surface area contributed by atoms with Crippen LogP contribution in [0.15, 0.2) is 53.4 Å². The molecule has 0 radical (unpaired) electrons. The number of carbonyl (C=O) groups is 2. The third-order valence-electron chi connectivity index (χ3n) is 3.70. The molecular formula is C18H17NO2S. The average Bonchev–Trinajstić information content (AvgIpc) is 2.77. The molecule has 3 nitrogen and oxygen atoms in total. The Morgan fingerprint density at radius 1 is 0.909 bits per heavy atom. The summed E-state index contributed by atoms with van der Waals surface area (Å²) in [6.45, 7) is 4.01. The maximum atomic E-state index is 12.6. The number of imide groups is 1. The molecule has 2 aromatic rings. The van der Waals surface area contributed by atoms with Crippen LogP contribution in [0.1, 0.15) is 17.5 Å². The lowest BCUT2D eigenvalue weighted by Gasteiger charge is -2.15. The highest BCUT2D eigenvalue weighted by molar-refractivity contribution is 8.00. The van der Waals surface area contributed by atoms with Crippen LogP contribution in [0.5, 0.6) is 0 Å². The van der Waals surface area contributed by atoms with Crippen molar-refractivity contribution in [2.75, 3.05) is 4.90 Å². The molecule has 3 rings (SSSR count). The molecule has 0 aliphatic carbocycles. The molecule has 0 aromatic heterocycles. The number of thioether (sulfide) groups is 1. The SMILES string of the molecule is Cc1ccc(S[C@@H]2CC(=O)N(c3ccc(C)cc3)C2=O)cc1. The van der Waals surface area contributed by atoms with Crippen LogP contribution >= 0.6 is 11.8 Å². The molecule has 0 spiro atoms. The lowest BCUT2D eigenvalue weighted by Crippen LogP contribution is -2.31. The first-order valence-electron chi connectivity index (χ1n) is 7.21. The van der Waals surface area contributed by atoms with E-state index in [-0.39, 0.29) is 23.5 Å². The smallest absolute Gasteiger partial charge is 0.247 e. The fraction of sp³-hybridized carbons (Fsp3) is 0.222. The van der Waals surface area contributed by atoms with E-state index < -0.39 is 0 Å². The van der Waals surface area contributed by atoms with E-state index in [0.717, 1.165) is 10.5 Å². The van der Waals surface area contributed by atoms with Crippen molar-refractivity contribution in [1.82, 2.24) is 0 Å². The molecular weight excluding hydrogens is 294 g/mol. The maximum absolute atomic E-state index is 12.6. The summed E-state index contributed by atoms with van der Waals surface area (Å²) < 4.78 is 0. The van der Waals surface area contributed by atoms with Gasteiger partial charge in [-0.25, -0.2) is 4.90 Å². The molecule has 1 heterocycles. The Kier molecular flexibility index (Phi) is 4.03. The summed E-state index contributed by atoms with van der Waals surface area (Å²) in [5, 5.41) is -0.337. The fourth-order valence-corrected chi connectivity index (χ4v) is 3.50. The molecule has 0 unspecified atom stereocenters. The molecule has 2 aromatic carbocycles. The van der Waals surface area contributed by atoms with Gasteiger partial charge in [0.05, 0.1) is 10.9 Å². The maximum Gasteiger partial charge on any atom is 0.247 e. The van der Waals surface area contributed by atoms with Crippen molar-refractivity contribution in [1.29, 1.82) is 0 Å². The summed E-state index contributed by atoms with van der Waals surface area (Å²) in [5.41, 5.74) is 2.94. The average molecular weight is 311 g/mol. The second-order valence-electron chi connectivity index (χ2n) is 5.53. The number of amides is 2. The lowest BCUT2D eigenvalue weighted by atomic mass is 10.2. The highest BCUT2D eigenvalue weighted by Gasteiger charge is 2.40. The van der Waals surface area contributed by atoms with Crippen molar-refractivity contribution in [3.63, 3.8) is 0 Å². The van der Waals surface area contributed by atoms with E-state index in [1.165, 1.54) is 22.2 Å². The Hall–Kier alpha value is -2.07. The first-order valence-corrected chi connectivity index (χ1v) is 8.09. The topological polar surface area (TPSA) is 37.4 Å². The van der Waals surface area contributed by atoms with Crippen LogP contribution in [-0.2, 0) is 9.59 Å². The predicted molar refractivity (Wildman–Crippen MR) is 89.1 cm³/mol. The van der Waals surface area contributed by atoms with Gasteiger partial charge in [0.15, 0.2) is 0 Å². The minimum Gasteiger partial charge on any atom is -0.274 e. The molecule has 0 bridgehead atoms. The minimum atomic E-state index is -0.337. The zero-order valence-electron chi connectivity index (χ0n) is 12.6. The normalized spacial score (nSPS) is 18.1. The number of hydrogen-bond donors (Lipinski definition) is 0. The number of hydrogen-bond acceptors (Lipinski definition) is 3. The van der Waals surface area contributed by atoms with Gasteiger partial charge >= 0.3 is 0 Å². The van der Waals surface area contributed by atoms with Crippen molar-refractivity contribution in [2.24, 2.45) is 0 Å². The molecule has 22 heavy (non-hydrogen) atoms. The Labute approximate surface area is 134 Å². The third-order valence-corrected chi connectivity index (χ3v) is 4.89. The first kappa shape index (κ1) is 14.9. The Bertz CT molecular complexity index is 707. The molecule has 1 saturated heterocycles. The van der Waals surface area contributed by atoms with Gasteiger partial charge in [0.2, 0.25) is 11.8 Å². The Morgan fingerprint density at radius 3 is 2.05 bits per heavy atom. The van der Waals surface area contributed by atoms with Crippen LogP contribution in [-0.4, -0.2) is 17.1 Å². The van der Waals surface area contributed by atoms with Gasteiger partial charge in [-0.2, -0.15) is 0 Å². The van der Waals surface area contributed by atoms with Gasteiger partial charge in [-0.05, 0) is 38.1 Å². The van der Waals surface area contributed by atoms with Crippen molar-refractivity contribution < 1.29 is 9.59 Å². The summed E-state index contributed by atoms with van der Waals surface area (Å²) >= 11 is 1.46. The summed E-state index contributed by atoms with van der Waals surface area (Å²) in [4.78, 5) is 27.1. The monoisotopic (exact) mass is 311 g/mol. The summed E-state index contributed by atoms with van der Waals surface area (Å²) in [6.07, 6.45) is 0.255. The van der Waals surface area contributed by atoms with Crippen LogP contribution < -0.4 is 4.90 Å². The summed E-state index contributed by atoms with van der Waals surface area (Å²) in [7, 11) is 0. The van der Waals surface area contributed by atoms with Crippen LogP contribution in [0.2, 0.25) is 0 Å². The molecule has 112 valence electrons. The lowest BCUT2D eigenvalue weighted by molar-refractivity contribution is -0.121. The number of benzene rings is 2. The highest BCUT2D eigenvalue weighted by Crippen LogP contribution is 2.34. The van der Waals surface area contributed by atoms with Gasteiger partial charge < -0.3 is 0 Å². The second-order valence-corrected chi connectivity index (χ2v) is 6.80. The van der Waals surface area contributed by atoms with Gasteiger partial charge in [0.1, 0.15) is 0 Å². The largest absolute Gasteiger partial charge is 0.274 e. The number of carbonyl (C=O) groups excluding carboxylic acids is 2. The molecule has 1 atom stereocenters. The van der Waals surface area contributed by atoms with Gasteiger partial charge in [0, 0.05) is 11.3 Å². The first-order chi connectivity index (χ1) is 10.5. The van der Waals surface area contributed by atoms with Crippen molar-refractivity contribution in [3.05, 3.63) is 59.7 Å². The van der Waals surface area contributed by atoms with Crippen LogP contribution in [0.3, 0.4) is 0 Å². The fourth-order valence-electron chi connectivity index (χ4n) is 2.44. The zero-order chi connectivity index (χ0) is 15.7. The van der Waals surface area contributed by atoms with Gasteiger partial charge in [-0.1, -0.05) is 35.4 Å². The van der Waals surface area contributed by atoms with Gasteiger partial charge in [-0.3, -0.25) is 9.59 Å². The van der Waals surface area contributed by atoms with E-state index in [0.29, 0.717) is 5.69 Å². The molecule has 2 amide bonds. The van der Waals surface area contributed by atoms with Crippen molar-refractivity contribution in [2.45, 2.75) is 30.4 Å². The van der Waals surface area contributed by atoms with E-state index in [1.807, 2.05) is 62.4 Å². The van der Waals surface area contributed by atoms with E-state index in [9.17, 15) is 9.59 Å². The van der Waals surface area contributed by atoms with Crippen molar-refractivity contribution in [3.8, 4) is 0 Å².